The van der Waals surface area contributed by atoms with Crippen molar-refractivity contribution in [2.75, 3.05) is 6.54 Å². The second-order valence-corrected chi connectivity index (χ2v) is 5.00. The van der Waals surface area contributed by atoms with E-state index < -0.39 is 5.54 Å². The van der Waals surface area contributed by atoms with Gasteiger partial charge in [0.25, 0.3) is 5.91 Å². The molecule has 0 aromatic heterocycles. The van der Waals surface area contributed by atoms with Crippen LogP contribution < -0.4 is 5.32 Å². The molecule has 0 aromatic rings. The smallest absolute Gasteiger partial charge is 0.309 e. The van der Waals surface area contributed by atoms with Crippen LogP contribution in [0.15, 0.2) is 0 Å². The van der Waals surface area contributed by atoms with Crippen LogP contribution in [0, 0.1) is 5.92 Å². The second kappa shape index (κ2) is 5.52. The quantitative estimate of drug-likeness (QED) is 0.725. The van der Waals surface area contributed by atoms with Crippen molar-refractivity contribution in [3.63, 3.8) is 0 Å². The van der Waals surface area contributed by atoms with Gasteiger partial charge in [-0.3, -0.25) is 10.1 Å². The highest BCUT2D eigenvalue weighted by Crippen LogP contribution is 2.30. The first-order valence-electron chi connectivity index (χ1n) is 6.64. The Hall–Kier alpha value is -1.06. The average molecular weight is 240 g/mol. The van der Waals surface area contributed by atoms with Crippen LogP contribution in [0.25, 0.3) is 0 Å². The molecule has 0 saturated carbocycles. The second-order valence-electron chi connectivity index (χ2n) is 5.00. The van der Waals surface area contributed by atoms with E-state index in [2.05, 4.69) is 19.2 Å². The normalized spacial score (nSPS) is 20.6. The van der Waals surface area contributed by atoms with Gasteiger partial charge in [-0.1, -0.05) is 34.1 Å². The van der Waals surface area contributed by atoms with E-state index in [0.717, 1.165) is 12.8 Å². The predicted octanol–water partition coefficient (Wildman–Crippen LogP) is 2.53. The van der Waals surface area contributed by atoms with Crippen LogP contribution in [0.2, 0.25) is 0 Å². The number of nitrogens with one attached hydrogen (secondary N) is 1. The van der Waals surface area contributed by atoms with Gasteiger partial charge >= 0.3 is 6.03 Å². The van der Waals surface area contributed by atoms with Gasteiger partial charge in [0.1, 0.15) is 5.54 Å². The molecule has 0 aliphatic carbocycles. The summed E-state index contributed by atoms with van der Waals surface area (Å²) >= 11 is 0. The zero-order chi connectivity index (χ0) is 13.1. The number of nitrogens with zero attached hydrogens (tertiary/aromatic N) is 1. The lowest BCUT2D eigenvalue weighted by Crippen LogP contribution is -2.50. The van der Waals surface area contributed by atoms with Crippen LogP contribution in [0.1, 0.15) is 53.4 Å². The van der Waals surface area contributed by atoms with Gasteiger partial charge in [0, 0.05) is 6.54 Å². The monoisotopic (exact) mass is 240 g/mol. The molecule has 1 saturated heterocycles. The Morgan fingerprint density at radius 2 is 1.82 bits per heavy atom. The minimum Gasteiger partial charge on any atom is -0.309 e. The van der Waals surface area contributed by atoms with E-state index in [0.29, 0.717) is 25.3 Å². The number of hydrogen-bond donors (Lipinski definition) is 1. The first-order chi connectivity index (χ1) is 8.01. The summed E-state index contributed by atoms with van der Waals surface area (Å²) in [7, 11) is 0. The van der Waals surface area contributed by atoms with Crippen molar-refractivity contribution in [3.05, 3.63) is 0 Å². The summed E-state index contributed by atoms with van der Waals surface area (Å²) in [5.74, 6) is 0.310. The first-order valence-corrected chi connectivity index (χ1v) is 6.64. The highest BCUT2D eigenvalue weighted by molar-refractivity contribution is 6.06. The lowest BCUT2D eigenvalue weighted by atomic mass is 9.90. The van der Waals surface area contributed by atoms with Crippen molar-refractivity contribution in [2.24, 2.45) is 5.92 Å². The van der Waals surface area contributed by atoms with E-state index in [9.17, 15) is 9.59 Å². The Kier molecular flexibility index (Phi) is 4.54. The Morgan fingerprint density at radius 1 is 1.24 bits per heavy atom. The number of amides is 3. The molecular weight excluding hydrogens is 216 g/mol. The number of urea groups is 1. The fourth-order valence-corrected chi connectivity index (χ4v) is 2.70. The fourth-order valence-electron chi connectivity index (χ4n) is 2.70. The summed E-state index contributed by atoms with van der Waals surface area (Å²) in [5.41, 5.74) is -0.612. The molecule has 0 bridgehead atoms. The summed E-state index contributed by atoms with van der Waals surface area (Å²) in [6.07, 6.45) is 3.55. The van der Waals surface area contributed by atoms with Gasteiger partial charge in [0.15, 0.2) is 0 Å². The maximum atomic E-state index is 11.9. The molecule has 1 N–H and O–H groups in total. The molecule has 0 aromatic carbocycles. The van der Waals surface area contributed by atoms with Crippen LogP contribution in [0.3, 0.4) is 0 Å². The molecule has 0 radical (unpaired) electrons. The lowest BCUT2D eigenvalue weighted by Gasteiger charge is -2.35. The van der Waals surface area contributed by atoms with Crippen LogP contribution >= 0.6 is 0 Å². The van der Waals surface area contributed by atoms with Crippen molar-refractivity contribution in [3.8, 4) is 0 Å². The van der Waals surface area contributed by atoms with Gasteiger partial charge in [-0.05, 0) is 25.2 Å². The third-order valence-corrected chi connectivity index (χ3v) is 3.85. The van der Waals surface area contributed by atoms with Crippen LogP contribution in [-0.4, -0.2) is 28.9 Å². The highest BCUT2D eigenvalue weighted by Gasteiger charge is 2.50. The standard InChI is InChI=1S/C13H24N2O2/c1-5-8-10(4)9-15-12(17)14-11(16)13(15,6-2)7-3/h10H,5-9H2,1-4H3,(H,14,16,17). The Balaban J connectivity index is 2.86. The van der Waals surface area contributed by atoms with E-state index in [1.54, 1.807) is 4.90 Å². The number of carbonyl (C=O) groups excluding carboxylic acids is 2. The topological polar surface area (TPSA) is 49.4 Å². The number of hydrogen-bond acceptors (Lipinski definition) is 2. The molecule has 1 atom stereocenters. The van der Waals surface area contributed by atoms with Crippen LogP contribution in [0.5, 0.6) is 0 Å². The van der Waals surface area contributed by atoms with Crippen molar-refractivity contribution < 1.29 is 9.59 Å². The summed E-state index contributed by atoms with van der Waals surface area (Å²) in [4.78, 5) is 25.5. The summed E-state index contributed by atoms with van der Waals surface area (Å²) in [6.45, 7) is 8.89. The van der Waals surface area contributed by atoms with E-state index >= 15 is 0 Å². The third kappa shape index (κ3) is 2.45. The summed E-state index contributed by atoms with van der Waals surface area (Å²) < 4.78 is 0. The Morgan fingerprint density at radius 3 is 2.29 bits per heavy atom. The zero-order valence-corrected chi connectivity index (χ0v) is 11.4. The van der Waals surface area contributed by atoms with E-state index in [-0.39, 0.29) is 11.9 Å². The number of carbonyl (C=O) groups is 2. The first kappa shape index (κ1) is 14.0. The van der Waals surface area contributed by atoms with Crippen molar-refractivity contribution in [2.45, 2.75) is 58.9 Å². The highest BCUT2D eigenvalue weighted by atomic mass is 16.2. The molecular formula is C13H24N2O2. The van der Waals surface area contributed by atoms with Gasteiger partial charge in [-0.2, -0.15) is 0 Å². The van der Waals surface area contributed by atoms with Gasteiger partial charge in [0.2, 0.25) is 0 Å². The zero-order valence-electron chi connectivity index (χ0n) is 11.4. The van der Waals surface area contributed by atoms with Crippen LogP contribution in [0.4, 0.5) is 4.79 Å². The molecule has 4 heteroatoms. The SMILES string of the molecule is CCCC(C)CN1C(=O)NC(=O)C1(CC)CC. The maximum Gasteiger partial charge on any atom is 0.325 e. The molecule has 1 fully saturated rings. The van der Waals surface area contributed by atoms with Crippen molar-refractivity contribution in [1.82, 2.24) is 10.2 Å². The van der Waals surface area contributed by atoms with E-state index in [4.69, 9.17) is 0 Å². The summed E-state index contributed by atoms with van der Waals surface area (Å²) in [5, 5.41) is 2.46. The molecule has 98 valence electrons. The molecule has 1 aliphatic rings. The van der Waals surface area contributed by atoms with Crippen LogP contribution in [-0.2, 0) is 4.79 Å². The molecule has 1 heterocycles. The van der Waals surface area contributed by atoms with Crippen molar-refractivity contribution in [1.29, 1.82) is 0 Å². The molecule has 3 amide bonds. The fraction of sp³-hybridized carbons (Fsp3) is 0.846. The Labute approximate surface area is 104 Å². The summed E-state index contributed by atoms with van der Waals surface area (Å²) in [6, 6.07) is -0.221. The molecule has 0 spiro atoms. The lowest BCUT2D eigenvalue weighted by molar-refractivity contribution is -0.127. The van der Waals surface area contributed by atoms with E-state index in [1.807, 2.05) is 13.8 Å². The average Bonchev–Trinajstić information content (AvgIpc) is 2.52. The molecule has 1 rings (SSSR count). The third-order valence-electron chi connectivity index (χ3n) is 3.85. The molecule has 4 nitrogen and oxygen atoms in total. The minimum absolute atomic E-state index is 0.129. The largest absolute Gasteiger partial charge is 0.325 e. The minimum atomic E-state index is -0.612. The van der Waals surface area contributed by atoms with Crippen molar-refractivity contribution >= 4 is 11.9 Å². The van der Waals surface area contributed by atoms with Gasteiger partial charge in [-0.25, -0.2) is 4.79 Å². The van der Waals surface area contributed by atoms with Gasteiger partial charge < -0.3 is 4.90 Å². The number of rotatable bonds is 6. The molecule has 1 aliphatic heterocycles. The Bertz CT molecular complexity index is 298. The van der Waals surface area contributed by atoms with E-state index in [1.165, 1.54) is 0 Å². The van der Waals surface area contributed by atoms with Gasteiger partial charge in [-0.15, -0.1) is 0 Å². The number of imide groups is 1. The molecule has 17 heavy (non-hydrogen) atoms. The maximum absolute atomic E-state index is 11.9. The predicted molar refractivity (Wildman–Crippen MR) is 67.6 cm³/mol. The van der Waals surface area contributed by atoms with Gasteiger partial charge in [0.05, 0.1) is 0 Å². The molecule has 1 unspecified atom stereocenters.